The standard InChI is InChI=1S/C21H30N4O2/c1-3-10-25-11-8-17(9-12-25)24-21(27)20(23-15(2)26)13-16-14-22-19-7-5-4-6-18(16)19/h4-7,14,17,20,22H,3,8-13H2,1-2H3,(H,23,26)(H,24,27). The Labute approximate surface area is 160 Å². The summed E-state index contributed by atoms with van der Waals surface area (Å²) in [6, 6.07) is 7.63. The van der Waals surface area contributed by atoms with Crippen molar-refractivity contribution in [2.24, 2.45) is 0 Å². The van der Waals surface area contributed by atoms with E-state index in [9.17, 15) is 9.59 Å². The summed E-state index contributed by atoms with van der Waals surface area (Å²) in [6.07, 6.45) is 5.49. The van der Waals surface area contributed by atoms with Crippen LogP contribution >= 0.6 is 0 Å². The maximum absolute atomic E-state index is 12.9. The molecule has 1 unspecified atom stereocenters. The number of piperidine rings is 1. The van der Waals surface area contributed by atoms with Gasteiger partial charge in [0.25, 0.3) is 0 Å². The third-order valence-corrected chi connectivity index (χ3v) is 5.27. The highest BCUT2D eigenvalue weighted by Gasteiger charge is 2.26. The molecule has 1 aliphatic rings. The molecule has 2 aromatic rings. The number of para-hydroxylation sites is 1. The van der Waals surface area contributed by atoms with Crippen LogP contribution in [0, 0.1) is 0 Å². The summed E-state index contributed by atoms with van der Waals surface area (Å²) in [5.74, 6) is -0.280. The van der Waals surface area contributed by atoms with E-state index in [4.69, 9.17) is 0 Å². The number of nitrogens with one attached hydrogen (secondary N) is 3. The molecular formula is C21H30N4O2. The number of H-pyrrole nitrogens is 1. The Kier molecular flexibility index (Phi) is 6.50. The summed E-state index contributed by atoms with van der Waals surface area (Å²) in [5, 5.41) is 7.07. The summed E-state index contributed by atoms with van der Waals surface area (Å²) in [5.41, 5.74) is 2.08. The quantitative estimate of drug-likeness (QED) is 0.699. The molecule has 1 aliphatic heterocycles. The topological polar surface area (TPSA) is 77.2 Å². The van der Waals surface area contributed by atoms with Crippen molar-refractivity contribution in [3.05, 3.63) is 36.0 Å². The number of hydrogen-bond donors (Lipinski definition) is 3. The van der Waals surface area contributed by atoms with Crippen molar-refractivity contribution in [1.29, 1.82) is 0 Å². The molecule has 0 aliphatic carbocycles. The molecule has 1 atom stereocenters. The Balaban J connectivity index is 1.64. The monoisotopic (exact) mass is 370 g/mol. The third kappa shape index (κ3) is 5.10. The van der Waals surface area contributed by atoms with Crippen LogP contribution in [-0.4, -0.2) is 53.4 Å². The first kappa shape index (κ1) is 19.4. The second-order valence-corrected chi connectivity index (χ2v) is 7.44. The van der Waals surface area contributed by atoms with Crippen molar-refractivity contribution >= 4 is 22.7 Å². The molecule has 0 saturated carbocycles. The average Bonchev–Trinajstić information content (AvgIpc) is 3.06. The van der Waals surface area contributed by atoms with Crippen molar-refractivity contribution < 1.29 is 9.59 Å². The van der Waals surface area contributed by atoms with Crippen molar-refractivity contribution in [1.82, 2.24) is 20.5 Å². The lowest BCUT2D eigenvalue weighted by atomic mass is 10.0. The third-order valence-electron chi connectivity index (χ3n) is 5.27. The predicted molar refractivity (Wildman–Crippen MR) is 108 cm³/mol. The van der Waals surface area contributed by atoms with Gasteiger partial charge in [-0.3, -0.25) is 9.59 Å². The van der Waals surface area contributed by atoms with Crippen LogP contribution in [0.3, 0.4) is 0 Å². The second-order valence-electron chi connectivity index (χ2n) is 7.44. The van der Waals surface area contributed by atoms with Crippen molar-refractivity contribution in [2.45, 2.75) is 51.6 Å². The highest BCUT2D eigenvalue weighted by atomic mass is 16.2. The summed E-state index contributed by atoms with van der Waals surface area (Å²) in [7, 11) is 0. The molecule has 2 heterocycles. The zero-order valence-electron chi connectivity index (χ0n) is 16.3. The van der Waals surface area contributed by atoms with Gasteiger partial charge in [0.2, 0.25) is 11.8 Å². The van der Waals surface area contributed by atoms with Gasteiger partial charge in [0.1, 0.15) is 6.04 Å². The largest absolute Gasteiger partial charge is 0.361 e. The van der Waals surface area contributed by atoms with Crippen LogP contribution in [0.2, 0.25) is 0 Å². The van der Waals surface area contributed by atoms with E-state index < -0.39 is 6.04 Å². The van der Waals surface area contributed by atoms with Gasteiger partial charge in [0.05, 0.1) is 0 Å². The highest BCUT2D eigenvalue weighted by Crippen LogP contribution is 2.19. The Morgan fingerprint density at radius 1 is 1.26 bits per heavy atom. The fraction of sp³-hybridized carbons (Fsp3) is 0.524. The van der Waals surface area contributed by atoms with E-state index in [1.165, 1.54) is 6.92 Å². The van der Waals surface area contributed by atoms with E-state index in [0.29, 0.717) is 6.42 Å². The van der Waals surface area contributed by atoms with Crippen molar-refractivity contribution in [3.63, 3.8) is 0 Å². The number of aromatic amines is 1. The van der Waals surface area contributed by atoms with Crippen LogP contribution in [0.4, 0.5) is 0 Å². The van der Waals surface area contributed by atoms with Crippen LogP contribution in [0.15, 0.2) is 30.5 Å². The zero-order chi connectivity index (χ0) is 19.2. The normalized spacial score (nSPS) is 17.0. The number of rotatable bonds is 7. The summed E-state index contributed by atoms with van der Waals surface area (Å²) < 4.78 is 0. The average molecular weight is 370 g/mol. The second kappa shape index (κ2) is 9.04. The maximum Gasteiger partial charge on any atom is 0.243 e. The van der Waals surface area contributed by atoms with Gasteiger partial charge in [0, 0.05) is 49.6 Å². The van der Waals surface area contributed by atoms with E-state index in [1.807, 2.05) is 30.5 Å². The van der Waals surface area contributed by atoms with Gasteiger partial charge < -0.3 is 20.5 Å². The van der Waals surface area contributed by atoms with Gasteiger partial charge >= 0.3 is 0 Å². The lowest BCUT2D eigenvalue weighted by Gasteiger charge is -2.33. The molecule has 1 aromatic heterocycles. The van der Waals surface area contributed by atoms with Crippen LogP contribution in [0.25, 0.3) is 10.9 Å². The molecule has 3 N–H and O–H groups in total. The Morgan fingerprint density at radius 3 is 2.70 bits per heavy atom. The minimum atomic E-state index is -0.560. The molecule has 6 heteroatoms. The van der Waals surface area contributed by atoms with Gasteiger partial charge in [-0.05, 0) is 37.4 Å². The number of carbonyl (C=O) groups excluding carboxylic acids is 2. The summed E-state index contributed by atoms with van der Waals surface area (Å²) in [4.78, 5) is 30.2. The number of likely N-dealkylation sites (tertiary alicyclic amines) is 1. The van der Waals surface area contributed by atoms with Crippen LogP contribution < -0.4 is 10.6 Å². The smallest absolute Gasteiger partial charge is 0.243 e. The highest BCUT2D eigenvalue weighted by molar-refractivity contribution is 5.89. The SMILES string of the molecule is CCCN1CCC(NC(=O)C(Cc2c[nH]c3ccccc23)NC(C)=O)CC1. The van der Waals surface area contributed by atoms with Gasteiger partial charge in [-0.25, -0.2) is 0 Å². The van der Waals surface area contributed by atoms with Gasteiger partial charge in [-0.1, -0.05) is 25.1 Å². The van der Waals surface area contributed by atoms with Crippen LogP contribution in [0.1, 0.15) is 38.7 Å². The van der Waals surface area contributed by atoms with Crippen molar-refractivity contribution in [3.8, 4) is 0 Å². The maximum atomic E-state index is 12.9. The molecule has 27 heavy (non-hydrogen) atoms. The zero-order valence-corrected chi connectivity index (χ0v) is 16.3. The number of amides is 2. The number of fused-ring (bicyclic) bond motifs is 1. The lowest BCUT2D eigenvalue weighted by Crippen LogP contribution is -2.52. The minimum absolute atomic E-state index is 0.0931. The Bertz CT molecular complexity index is 777. The Morgan fingerprint density at radius 2 is 2.00 bits per heavy atom. The minimum Gasteiger partial charge on any atom is -0.361 e. The molecular weight excluding hydrogens is 340 g/mol. The van der Waals surface area contributed by atoms with Crippen LogP contribution in [0.5, 0.6) is 0 Å². The summed E-state index contributed by atoms with van der Waals surface area (Å²) >= 11 is 0. The molecule has 6 nitrogen and oxygen atoms in total. The molecule has 0 radical (unpaired) electrons. The molecule has 1 saturated heterocycles. The van der Waals surface area contributed by atoms with E-state index in [-0.39, 0.29) is 17.9 Å². The molecule has 3 rings (SSSR count). The number of nitrogens with zero attached hydrogens (tertiary/aromatic N) is 1. The lowest BCUT2D eigenvalue weighted by molar-refractivity contribution is -0.128. The van der Waals surface area contributed by atoms with E-state index in [0.717, 1.165) is 55.4 Å². The molecule has 1 fully saturated rings. The number of carbonyl (C=O) groups is 2. The molecule has 0 spiro atoms. The number of aromatic nitrogens is 1. The van der Waals surface area contributed by atoms with Gasteiger partial charge in [0.15, 0.2) is 0 Å². The number of benzene rings is 1. The van der Waals surface area contributed by atoms with Gasteiger partial charge in [-0.15, -0.1) is 0 Å². The Hall–Kier alpha value is -2.34. The fourth-order valence-electron chi connectivity index (χ4n) is 3.89. The van der Waals surface area contributed by atoms with E-state index in [1.54, 1.807) is 0 Å². The predicted octanol–water partition coefficient (Wildman–Crippen LogP) is 2.21. The van der Waals surface area contributed by atoms with E-state index in [2.05, 4.69) is 27.4 Å². The first-order chi connectivity index (χ1) is 13.1. The fourth-order valence-corrected chi connectivity index (χ4v) is 3.89. The molecule has 1 aromatic carbocycles. The first-order valence-electron chi connectivity index (χ1n) is 9.91. The van der Waals surface area contributed by atoms with Crippen molar-refractivity contribution in [2.75, 3.05) is 19.6 Å². The first-order valence-corrected chi connectivity index (χ1v) is 9.91. The summed E-state index contributed by atoms with van der Waals surface area (Å²) in [6.45, 7) is 6.81. The van der Waals surface area contributed by atoms with Crippen LogP contribution in [-0.2, 0) is 16.0 Å². The molecule has 146 valence electrons. The molecule has 2 amide bonds. The molecule has 0 bridgehead atoms. The van der Waals surface area contributed by atoms with Gasteiger partial charge in [-0.2, -0.15) is 0 Å². The number of hydrogen-bond acceptors (Lipinski definition) is 3. The van der Waals surface area contributed by atoms with E-state index >= 15 is 0 Å².